The predicted molar refractivity (Wildman–Crippen MR) is 83.0 cm³/mol. The zero-order valence-corrected chi connectivity index (χ0v) is 13.5. The van der Waals surface area contributed by atoms with Crippen molar-refractivity contribution in [3.05, 3.63) is 23.3 Å². The van der Waals surface area contributed by atoms with Crippen LogP contribution >= 0.6 is 0 Å². The summed E-state index contributed by atoms with van der Waals surface area (Å²) in [7, 11) is 3.23. The van der Waals surface area contributed by atoms with Crippen LogP contribution in [0, 0.1) is 5.92 Å². The van der Waals surface area contributed by atoms with E-state index in [9.17, 15) is 4.39 Å². The maximum absolute atomic E-state index is 14.3. The second kappa shape index (κ2) is 6.65. The molecule has 1 saturated heterocycles. The number of ether oxygens (including phenoxy) is 2. The molecule has 0 atom stereocenters. The summed E-state index contributed by atoms with van der Waals surface area (Å²) in [6.45, 7) is 5.22. The Hall–Kier alpha value is -1.29. The Bertz CT molecular complexity index is 476. The minimum Gasteiger partial charge on any atom is -0.496 e. The van der Waals surface area contributed by atoms with Crippen LogP contribution in [0.5, 0.6) is 11.5 Å². The van der Waals surface area contributed by atoms with Crippen molar-refractivity contribution in [1.29, 1.82) is 0 Å². The zero-order valence-electron chi connectivity index (χ0n) is 13.5. The second-order valence-electron chi connectivity index (χ2n) is 6.23. The van der Waals surface area contributed by atoms with Crippen molar-refractivity contribution in [2.75, 3.05) is 27.3 Å². The molecule has 0 spiro atoms. The fourth-order valence-electron chi connectivity index (χ4n) is 2.98. The first-order valence-electron chi connectivity index (χ1n) is 7.60. The molecule has 1 aromatic rings. The number of nitrogens with one attached hydrogen (secondary N) is 1. The molecular weight excluding hydrogens is 269 g/mol. The minimum atomic E-state index is -1.45. The number of hydrogen-bond acceptors (Lipinski definition) is 3. The summed E-state index contributed by atoms with van der Waals surface area (Å²) in [4.78, 5) is 0. The second-order valence-corrected chi connectivity index (χ2v) is 6.23. The summed E-state index contributed by atoms with van der Waals surface area (Å²) in [6.07, 6.45) is 3.29. The summed E-state index contributed by atoms with van der Waals surface area (Å²) in [5.74, 6) is 2.01. The highest BCUT2D eigenvalue weighted by molar-refractivity contribution is 5.49. The van der Waals surface area contributed by atoms with E-state index in [4.69, 9.17) is 9.47 Å². The van der Waals surface area contributed by atoms with Crippen LogP contribution in [0.3, 0.4) is 0 Å². The maximum Gasteiger partial charge on any atom is 0.134 e. The third-order valence-electron chi connectivity index (χ3n) is 4.21. The van der Waals surface area contributed by atoms with E-state index in [1.807, 2.05) is 6.07 Å². The number of benzene rings is 1. The van der Waals surface area contributed by atoms with Crippen molar-refractivity contribution in [3.63, 3.8) is 0 Å². The molecule has 4 heteroatoms. The normalized spacial score (nSPS) is 16.8. The molecule has 0 aromatic heterocycles. The van der Waals surface area contributed by atoms with Gasteiger partial charge in [0.25, 0.3) is 0 Å². The molecule has 0 radical (unpaired) electrons. The van der Waals surface area contributed by atoms with Crippen LogP contribution in [0.1, 0.15) is 37.8 Å². The number of piperidine rings is 1. The monoisotopic (exact) mass is 295 g/mol. The highest BCUT2D eigenvalue weighted by Gasteiger charge is 2.26. The van der Waals surface area contributed by atoms with Gasteiger partial charge in [-0.15, -0.1) is 0 Å². The van der Waals surface area contributed by atoms with Crippen LogP contribution in [0.15, 0.2) is 12.1 Å². The van der Waals surface area contributed by atoms with Crippen molar-refractivity contribution in [1.82, 2.24) is 5.32 Å². The molecule has 2 rings (SSSR count). The molecular formula is C17H26FNO2. The van der Waals surface area contributed by atoms with Gasteiger partial charge >= 0.3 is 0 Å². The molecule has 1 aromatic carbocycles. The third kappa shape index (κ3) is 3.88. The molecule has 3 nitrogen and oxygen atoms in total. The lowest BCUT2D eigenvalue weighted by Gasteiger charge is -2.25. The summed E-state index contributed by atoms with van der Waals surface area (Å²) < 4.78 is 25.2. The van der Waals surface area contributed by atoms with E-state index >= 15 is 0 Å². The topological polar surface area (TPSA) is 30.5 Å². The molecule has 21 heavy (non-hydrogen) atoms. The van der Waals surface area contributed by atoms with Crippen molar-refractivity contribution in [2.45, 2.75) is 38.8 Å². The number of alkyl halides is 1. The van der Waals surface area contributed by atoms with Crippen LogP contribution < -0.4 is 14.8 Å². The summed E-state index contributed by atoms with van der Waals surface area (Å²) >= 11 is 0. The summed E-state index contributed by atoms with van der Waals surface area (Å²) in [6, 6.07) is 3.73. The first-order valence-corrected chi connectivity index (χ1v) is 7.60. The van der Waals surface area contributed by atoms with E-state index in [-0.39, 0.29) is 0 Å². The van der Waals surface area contributed by atoms with Gasteiger partial charge in [0, 0.05) is 5.56 Å². The Balaban J connectivity index is 2.31. The molecule has 0 bridgehead atoms. The molecule has 1 heterocycles. The SMILES string of the molecule is COc1cc(C(C)(C)F)c(OC)cc1CC1CCNCC1. The lowest BCUT2D eigenvalue weighted by atomic mass is 9.88. The van der Waals surface area contributed by atoms with Gasteiger partial charge in [-0.25, -0.2) is 4.39 Å². The van der Waals surface area contributed by atoms with Gasteiger partial charge in [-0.2, -0.15) is 0 Å². The van der Waals surface area contributed by atoms with Crippen molar-refractivity contribution in [3.8, 4) is 11.5 Å². The van der Waals surface area contributed by atoms with Gasteiger partial charge in [0.2, 0.25) is 0 Å². The van der Waals surface area contributed by atoms with Gasteiger partial charge in [-0.05, 0) is 69.8 Å². The largest absolute Gasteiger partial charge is 0.496 e. The molecule has 118 valence electrons. The Morgan fingerprint density at radius 1 is 1.14 bits per heavy atom. The number of hydrogen-bond donors (Lipinski definition) is 1. The first kappa shape index (κ1) is 16.1. The Kier molecular flexibility index (Phi) is 5.09. The van der Waals surface area contributed by atoms with E-state index < -0.39 is 5.67 Å². The van der Waals surface area contributed by atoms with Gasteiger partial charge in [-0.1, -0.05) is 0 Å². The van der Waals surface area contributed by atoms with Crippen molar-refractivity contribution >= 4 is 0 Å². The lowest BCUT2D eigenvalue weighted by molar-refractivity contribution is 0.212. The van der Waals surface area contributed by atoms with E-state index in [1.165, 1.54) is 26.7 Å². The average molecular weight is 295 g/mol. The fourth-order valence-corrected chi connectivity index (χ4v) is 2.98. The number of halogens is 1. The lowest BCUT2D eigenvalue weighted by Crippen LogP contribution is -2.28. The van der Waals surface area contributed by atoms with Gasteiger partial charge in [-0.3, -0.25) is 0 Å². The van der Waals surface area contributed by atoms with Gasteiger partial charge in [0.1, 0.15) is 17.2 Å². The van der Waals surface area contributed by atoms with Crippen LogP contribution in [-0.4, -0.2) is 27.3 Å². The molecule has 0 aliphatic carbocycles. The van der Waals surface area contributed by atoms with Gasteiger partial charge in [0.15, 0.2) is 0 Å². The number of methoxy groups -OCH3 is 2. The molecule has 1 aliphatic rings. The fraction of sp³-hybridized carbons (Fsp3) is 0.647. The van der Waals surface area contributed by atoms with Crippen LogP contribution in [-0.2, 0) is 12.1 Å². The molecule has 1 N–H and O–H groups in total. The first-order chi connectivity index (χ1) is 9.95. The molecule has 1 fully saturated rings. The highest BCUT2D eigenvalue weighted by atomic mass is 19.1. The smallest absolute Gasteiger partial charge is 0.134 e. The van der Waals surface area contributed by atoms with Gasteiger partial charge in [0.05, 0.1) is 14.2 Å². The van der Waals surface area contributed by atoms with Crippen LogP contribution in [0.4, 0.5) is 4.39 Å². The predicted octanol–water partition coefficient (Wildman–Crippen LogP) is 3.45. The maximum atomic E-state index is 14.3. The molecule has 1 aliphatic heterocycles. The summed E-state index contributed by atoms with van der Waals surface area (Å²) in [5, 5.41) is 3.38. The van der Waals surface area contributed by atoms with E-state index in [2.05, 4.69) is 5.32 Å². The molecule has 0 amide bonds. The Morgan fingerprint density at radius 3 is 2.29 bits per heavy atom. The summed E-state index contributed by atoms with van der Waals surface area (Å²) in [5.41, 5.74) is 0.191. The number of rotatable bonds is 5. The zero-order chi connectivity index (χ0) is 15.5. The van der Waals surface area contributed by atoms with E-state index in [0.29, 0.717) is 17.2 Å². The standard InChI is InChI=1S/C17H26FNO2/c1-17(2,18)14-11-15(20-3)13(10-16(14)21-4)9-12-5-7-19-8-6-12/h10-12,19H,5-9H2,1-4H3. The average Bonchev–Trinajstić information content (AvgIpc) is 2.46. The Labute approximate surface area is 126 Å². The van der Waals surface area contributed by atoms with Gasteiger partial charge < -0.3 is 14.8 Å². The van der Waals surface area contributed by atoms with E-state index in [0.717, 1.165) is 30.8 Å². The highest BCUT2D eigenvalue weighted by Crippen LogP contribution is 2.38. The minimum absolute atomic E-state index is 0.538. The Morgan fingerprint density at radius 2 is 1.76 bits per heavy atom. The molecule has 0 saturated carbocycles. The van der Waals surface area contributed by atoms with Crippen LogP contribution in [0.25, 0.3) is 0 Å². The molecule has 0 unspecified atom stereocenters. The third-order valence-corrected chi connectivity index (χ3v) is 4.21. The van der Waals surface area contributed by atoms with Crippen LogP contribution in [0.2, 0.25) is 0 Å². The quantitative estimate of drug-likeness (QED) is 0.902. The van der Waals surface area contributed by atoms with E-state index in [1.54, 1.807) is 20.3 Å². The van der Waals surface area contributed by atoms with Crippen molar-refractivity contribution in [2.24, 2.45) is 5.92 Å². The van der Waals surface area contributed by atoms with Crippen molar-refractivity contribution < 1.29 is 13.9 Å².